The number of halogens is 2. The number of benzene rings is 2. The summed E-state index contributed by atoms with van der Waals surface area (Å²) in [7, 11) is -3.71. The fourth-order valence-corrected chi connectivity index (χ4v) is 5.76. The van der Waals surface area contributed by atoms with Gasteiger partial charge in [-0.1, -0.05) is 23.7 Å². The minimum absolute atomic E-state index is 0.0925. The number of fused-ring (bicyclic) bond motifs is 1. The largest absolute Gasteiger partial charge is 0.352 e. The zero-order valence-electron chi connectivity index (χ0n) is 15.7. The van der Waals surface area contributed by atoms with Gasteiger partial charge in [-0.2, -0.15) is 0 Å². The first kappa shape index (κ1) is 21.8. The normalized spacial score (nSPS) is 13.3. The zero-order chi connectivity index (χ0) is 21.2. The highest BCUT2D eigenvalue weighted by Crippen LogP contribution is 2.36. The molecule has 0 aromatic heterocycles. The molecule has 6 nitrogen and oxygen atoms in total. The molecular formula is C20H20BrClN2O4S. The van der Waals surface area contributed by atoms with Crippen molar-refractivity contribution in [3.8, 4) is 0 Å². The van der Waals surface area contributed by atoms with E-state index in [0.29, 0.717) is 34.7 Å². The van der Waals surface area contributed by atoms with Gasteiger partial charge in [0, 0.05) is 41.6 Å². The summed E-state index contributed by atoms with van der Waals surface area (Å²) in [4.78, 5) is 25.6. The number of nitrogens with one attached hydrogen (secondary N) is 1. The number of sulfone groups is 1. The molecule has 1 heterocycles. The lowest BCUT2D eigenvalue weighted by molar-refractivity contribution is -0.121. The molecule has 2 aromatic rings. The van der Waals surface area contributed by atoms with Gasteiger partial charge in [0.05, 0.1) is 10.6 Å². The van der Waals surface area contributed by atoms with Gasteiger partial charge >= 0.3 is 0 Å². The number of hydrogen-bond acceptors (Lipinski definition) is 4. The van der Waals surface area contributed by atoms with Crippen molar-refractivity contribution < 1.29 is 18.0 Å². The Bertz CT molecular complexity index is 1050. The van der Waals surface area contributed by atoms with Crippen molar-refractivity contribution >= 4 is 54.9 Å². The van der Waals surface area contributed by atoms with Gasteiger partial charge in [0.2, 0.25) is 11.8 Å². The van der Waals surface area contributed by atoms with E-state index in [2.05, 4.69) is 21.2 Å². The van der Waals surface area contributed by atoms with Crippen LogP contribution in [0.2, 0.25) is 5.02 Å². The summed E-state index contributed by atoms with van der Waals surface area (Å²) in [5.41, 5.74) is 2.41. The van der Waals surface area contributed by atoms with Gasteiger partial charge in [-0.15, -0.1) is 0 Å². The number of amides is 2. The summed E-state index contributed by atoms with van der Waals surface area (Å²) < 4.78 is 26.1. The third-order valence-corrected chi connectivity index (χ3v) is 7.66. The van der Waals surface area contributed by atoms with E-state index in [1.165, 1.54) is 13.0 Å². The Labute approximate surface area is 183 Å². The number of nitrogens with zero attached hydrogens (tertiary/aromatic N) is 1. The topological polar surface area (TPSA) is 83.6 Å². The van der Waals surface area contributed by atoms with Crippen LogP contribution in [0.4, 0.5) is 5.69 Å². The predicted octanol–water partition coefficient (Wildman–Crippen LogP) is 3.49. The highest BCUT2D eigenvalue weighted by atomic mass is 79.9. The van der Waals surface area contributed by atoms with Gasteiger partial charge in [0.25, 0.3) is 0 Å². The van der Waals surface area contributed by atoms with Crippen LogP contribution in [0.3, 0.4) is 0 Å². The van der Waals surface area contributed by atoms with Crippen molar-refractivity contribution in [1.82, 2.24) is 5.32 Å². The highest BCUT2D eigenvalue weighted by Gasteiger charge is 2.27. The standard InChI is InChI=1S/C20H20BrClN2O4S/c1-13(25)24-8-6-15-10-17(21)19(11-18(15)24)29(27,28)9-7-20(26)23-12-14-2-4-16(22)5-3-14/h2-5,10-11H,6-9,12H2,1H3,(H,23,26). The summed E-state index contributed by atoms with van der Waals surface area (Å²) in [5, 5.41) is 3.32. The van der Waals surface area contributed by atoms with Crippen LogP contribution >= 0.6 is 27.5 Å². The number of rotatable bonds is 6. The SMILES string of the molecule is CC(=O)N1CCc2cc(Br)c(S(=O)(=O)CCC(=O)NCc3ccc(Cl)cc3)cc21. The second-order valence-corrected chi connectivity index (χ2v) is 10.2. The Morgan fingerprint density at radius 3 is 2.55 bits per heavy atom. The van der Waals surface area contributed by atoms with Gasteiger partial charge in [-0.05, 0) is 57.7 Å². The maximum Gasteiger partial charge on any atom is 0.223 e. The van der Waals surface area contributed by atoms with E-state index < -0.39 is 9.84 Å². The molecule has 3 rings (SSSR count). The van der Waals surface area contributed by atoms with Crippen LogP contribution in [0.5, 0.6) is 0 Å². The molecule has 2 amide bonds. The van der Waals surface area contributed by atoms with Gasteiger partial charge in [-0.3, -0.25) is 9.59 Å². The summed E-state index contributed by atoms with van der Waals surface area (Å²) in [6.07, 6.45) is 0.525. The molecular weight excluding hydrogens is 480 g/mol. The van der Waals surface area contributed by atoms with Crippen molar-refractivity contribution in [2.75, 3.05) is 17.2 Å². The molecule has 0 saturated carbocycles. The van der Waals surface area contributed by atoms with Crippen LogP contribution in [-0.2, 0) is 32.4 Å². The quantitative estimate of drug-likeness (QED) is 0.659. The monoisotopic (exact) mass is 498 g/mol. The van der Waals surface area contributed by atoms with Gasteiger partial charge in [0.15, 0.2) is 9.84 Å². The van der Waals surface area contributed by atoms with Crippen LogP contribution in [0.1, 0.15) is 24.5 Å². The molecule has 1 aliphatic rings. The van der Waals surface area contributed by atoms with Crippen LogP contribution in [0.15, 0.2) is 45.8 Å². The van der Waals surface area contributed by atoms with E-state index in [4.69, 9.17) is 11.6 Å². The smallest absolute Gasteiger partial charge is 0.223 e. The Morgan fingerprint density at radius 1 is 1.21 bits per heavy atom. The molecule has 0 unspecified atom stereocenters. The van der Waals surface area contributed by atoms with Crippen molar-refractivity contribution in [2.24, 2.45) is 0 Å². The van der Waals surface area contributed by atoms with Crippen LogP contribution in [0.25, 0.3) is 0 Å². The average Bonchev–Trinajstić information content (AvgIpc) is 3.08. The Morgan fingerprint density at radius 2 is 1.90 bits per heavy atom. The molecule has 0 aliphatic carbocycles. The Balaban J connectivity index is 1.66. The second kappa shape index (κ2) is 8.85. The van der Waals surface area contributed by atoms with Crippen LogP contribution in [0, 0.1) is 0 Å². The molecule has 2 aromatic carbocycles. The third kappa shape index (κ3) is 5.18. The molecule has 0 spiro atoms. The number of carbonyl (C=O) groups is 2. The zero-order valence-corrected chi connectivity index (χ0v) is 18.9. The summed E-state index contributed by atoms with van der Waals surface area (Å²) in [6.45, 7) is 2.29. The number of anilines is 1. The minimum Gasteiger partial charge on any atom is -0.352 e. The first-order chi connectivity index (χ1) is 13.7. The molecule has 1 aliphatic heterocycles. The maximum absolute atomic E-state index is 12.8. The lowest BCUT2D eigenvalue weighted by Crippen LogP contribution is -2.26. The van der Waals surface area contributed by atoms with E-state index in [1.807, 2.05) is 0 Å². The lowest BCUT2D eigenvalue weighted by Gasteiger charge is -2.16. The molecule has 154 valence electrons. The first-order valence-electron chi connectivity index (χ1n) is 9.02. The van der Waals surface area contributed by atoms with E-state index >= 15 is 0 Å². The lowest BCUT2D eigenvalue weighted by atomic mass is 10.2. The van der Waals surface area contributed by atoms with Gasteiger partial charge in [0.1, 0.15) is 0 Å². The van der Waals surface area contributed by atoms with Crippen LogP contribution in [-0.4, -0.2) is 32.5 Å². The average molecular weight is 500 g/mol. The first-order valence-corrected chi connectivity index (χ1v) is 11.8. The summed E-state index contributed by atoms with van der Waals surface area (Å²) in [6, 6.07) is 10.3. The highest BCUT2D eigenvalue weighted by molar-refractivity contribution is 9.10. The molecule has 0 bridgehead atoms. The van der Waals surface area contributed by atoms with E-state index in [9.17, 15) is 18.0 Å². The van der Waals surface area contributed by atoms with Gasteiger partial charge < -0.3 is 10.2 Å². The maximum atomic E-state index is 12.8. The second-order valence-electron chi connectivity index (χ2n) is 6.80. The minimum atomic E-state index is -3.71. The molecule has 0 atom stereocenters. The Kier molecular flexibility index (Phi) is 6.65. The van der Waals surface area contributed by atoms with Crippen LogP contribution < -0.4 is 10.2 Å². The molecule has 0 fully saturated rings. The molecule has 9 heteroatoms. The van der Waals surface area contributed by atoms with E-state index in [1.54, 1.807) is 35.2 Å². The number of hydrogen-bond donors (Lipinski definition) is 1. The van der Waals surface area contributed by atoms with Crippen molar-refractivity contribution in [3.63, 3.8) is 0 Å². The molecule has 0 radical (unpaired) electrons. The van der Waals surface area contributed by atoms with E-state index in [0.717, 1.165) is 11.1 Å². The predicted molar refractivity (Wildman–Crippen MR) is 116 cm³/mol. The fraction of sp³-hybridized carbons (Fsp3) is 0.300. The third-order valence-electron chi connectivity index (χ3n) is 4.74. The summed E-state index contributed by atoms with van der Waals surface area (Å²) >= 11 is 9.15. The number of carbonyl (C=O) groups excluding carboxylic acids is 2. The Hall–Kier alpha value is -1.90. The molecule has 29 heavy (non-hydrogen) atoms. The molecule has 1 N–H and O–H groups in total. The fourth-order valence-electron chi connectivity index (χ4n) is 3.18. The van der Waals surface area contributed by atoms with E-state index in [-0.39, 0.29) is 28.9 Å². The summed E-state index contributed by atoms with van der Waals surface area (Å²) in [5.74, 6) is -0.807. The van der Waals surface area contributed by atoms with Crippen molar-refractivity contribution in [2.45, 2.75) is 31.2 Å². The van der Waals surface area contributed by atoms with Crippen molar-refractivity contribution in [1.29, 1.82) is 0 Å². The van der Waals surface area contributed by atoms with Gasteiger partial charge in [-0.25, -0.2) is 8.42 Å². The van der Waals surface area contributed by atoms with Crippen molar-refractivity contribution in [3.05, 3.63) is 57.0 Å². The molecule has 0 saturated heterocycles.